The minimum atomic E-state index is -3.35. The maximum absolute atomic E-state index is 12.5. The molecule has 0 unspecified atom stereocenters. The van der Waals surface area contributed by atoms with E-state index in [1.165, 1.54) is 0 Å². The Morgan fingerprint density at radius 2 is 2.00 bits per heavy atom. The summed E-state index contributed by atoms with van der Waals surface area (Å²) < 4.78 is 34.4. The monoisotopic (exact) mass is 208 g/mol. The summed E-state index contributed by atoms with van der Waals surface area (Å²) in [5, 5.41) is -0.0856. The van der Waals surface area contributed by atoms with E-state index in [0.717, 1.165) is 24.5 Å². The lowest BCUT2D eigenvalue weighted by molar-refractivity contribution is 0.600. The molecule has 0 bridgehead atoms. The number of hydrogen-bond donors (Lipinski definition) is 0. The first-order valence-electron chi connectivity index (χ1n) is 3.06. The number of benzene rings is 1. The summed E-state index contributed by atoms with van der Waals surface area (Å²) in [6.45, 7) is 0. The molecule has 0 spiro atoms. The highest BCUT2D eigenvalue weighted by Gasteiger charge is 2.11. The molecule has 0 aliphatic rings. The van der Waals surface area contributed by atoms with Crippen LogP contribution in [0.4, 0.5) is 4.39 Å². The van der Waals surface area contributed by atoms with Gasteiger partial charge in [0.15, 0.2) is 9.84 Å². The highest BCUT2D eigenvalue weighted by Crippen LogP contribution is 2.21. The van der Waals surface area contributed by atoms with E-state index >= 15 is 0 Å². The average Bonchev–Trinajstić information content (AvgIpc) is 1.83. The van der Waals surface area contributed by atoms with Gasteiger partial charge in [0.25, 0.3) is 0 Å². The van der Waals surface area contributed by atoms with Gasteiger partial charge in [0.2, 0.25) is 0 Å². The predicted octanol–water partition coefficient (Wildman–Crippen LogP) is 1.88. The Morgan fingerprint density at radius 1 is 1.42 bits per heavy atom. The van der Waals surface area contributed by atoms with Crippen LogP contribution in [-0.2, 0) is 9.84 Å². The number of hydrogen-bond acceptors (Lipinski definition) is 2. The Balaban J connectivity index is 3.39. The average molecular weight is 209 g/mol. The van der Waals surface area contributed by atoms with Crippen molar-refractivity contribution in [1.82, 2.24) is 0 Å². The summed E-state index contributed by atoms with van der Waals surface area (Å²) in [5.74, 6) is -0.549. The number of halogens is 2. The van der Waals surface area contributed by atoms with Crippen molar-refractivity contribution < 1.29 is 12.8 Å². The Morgan fingerprint density at radius 3 is 2.42 bits per heavy atom. The van der Waals surface area contributed by atoms with Crippen LogP contribution in [0.1, 0.15) is 0 Å². The third kappa shape index (κ3) is 1.95. The molecule has 2 nitrogen and oxygen atoms in total. The van der Waals surface area contributed by atoms with E-state index in [0.29, 0.717) is 0 Å². The van der Waals surface area contributed by atoms with Gasteiger partial charge in [0.1, 0.15) is 5.82 Å². The maximum Gasteiger partial charge on any atom is 0.176 e. The minimum Gasteiger partial charge on any atom is -0.224 e. The van der Waals surface area contributed by atoms with Crippen LogP contribution in [0.2, 0.25) is 5.02 Å². The first kappa shape index (κ1) is 9.48. The van der Waals surface area contributed by atoms with E-state index in [1.54, 1.807) is 0 Å². The summed E-state index contributed by atoms with van der Waals surface area (Å²) in [7, 11) is -3.35. The first-order chi connectivity index (χ1) is 5.41. The molecular formula is C7H6ClFO2S. The molecule has 0 atom stereocenters. The zero-order valence-electron chi connectivity index (χ0n) is 6.21. The van der Waals surface area contributed by atoms with E-state index in [2.05, 4.69) is 0 Å². The van der Waals surface area contributed by atoms with Gasteiger partial charge in [-0.1, -0.05) is 11.6 Å². The molecule has 0 saturated carbocycles. The molecular weight excluding hydrogens is 203 g/mol. The lowest BCUT2D eigenvalue weighted by Gasteiger charge is -1.99. The quantitative estimate of drug-likeness (QED) is 0.661. The van der Waals surface area contributed by atoms with Crippen molar-refractivity contribution >= 4 is 21.4 Å². The van der Waals surface area contributed by atoms with Gasteiger partial charge in [-0.2, -0.15) is 0 Å². The third-order valence-electron chi connectivity index (χ3n) is 1.29. The fourth-order valence-electron chi connectivity index (χ4n) is 0.776. The normalized spacial score (nSPS) is 11.6. The molecule has 0 saturated heterocycles. The molecule has 1 aromatic carbocycles. The van der Waals surface area contributed by atoms with Crippen molar-refractivity contribution in [2.75, 3.05) is 6.26 Å². The highest BCUT2D eigenvalue weighted by atomic mass is 35.5. The zero-order valence-corrected chi connectivity index (χ0v) is 7.79. The molecule has 0 aliphatic carbocycles. The van der Waals surface area contributed by atoms with Crippen LogP contribution in [0.5, 0.6) is 0 Å². The van der Waals surface area contributed by atoms with Crippen molar-refractivity contribution in [3.8, 4) is 0 Å². The van der Waals surface area contributed by atoms with Gasteiger partial charge in [-0.25, -0.2) is 12.8 Å². The van der Waals surface area contributed by atoms with Gasteiger partial charge in [-0.15, -0.1) is 0 Å². The molecule has 0 radical (unpaired) electrons. The van der Waals surface area contributed by atoms with Crippen LogP contribution >= 0.6 is 11.6 Å². The molecule has 0 aromatic heterocycles. The van der Waals surface area contributed by atoms with E-state index in [1.807, 2.05) is 0 Å². The Hall–Kier alpha value is -0.610. The standard InChI is InChI=1S/C7H6ClFO2S/c1-12(10,11)7-3-2-5(9)4-6(7)8/h2-4H,1H3. The summed E-state index contributed by atoms with van der Waals surface area (Å²) >= 11 is 5.49. The Labute approximate surface area is 74.9 Å². The fraction of sp³-hybridized carbons (Fsp3) is 0.143. The maximum atomic E-state index is 12.5. The third-order valence-corrected chi connectivity index (χ3v) is 2.87. The Bertz CT molecular complexity index is 400. The summed E-state index contributed by atoms with van der Waals surface area (Å²) in [6.07, 6.45) is 1.02. The summed E-state index contributed by atoms with van der Waals surface area (Å²) in [4.78, 5) is -0.0504. The second-order valence-electron chi connectivity index (χ2n) is 2.35. The lowest BCUT2D eigenvalue weighted by atomic mass is 10.3. The largest absolute Gasteiger partial charge is 0.224 e. The van der Waals surface area contributed by atoms with Crippen LogP contribution in [0.3, 0.4) is 0 Å². The SMILES string of the molecule is CS(=O)(=O)c1ccc(F)cc1Cl. The molecule has 0 aliphatic heterocycles. The van der Waals surface area contributed by atoms with Gasteiger partial charge < -0.3 is 0 Å². The number of sulfone groups is 1. The van der Waals surface area contributed by atoms with E-state index in [-0.39, 0.29) is 9.92 Å². The van der Waals surface area contributed by atoms with Crippen molar-refractivity contribution in [3.05, 3.63) is 29.0 Å². The molecule has 12 heavy (non-hydrogen) atoms. The fourth-order valence-corrected chi connectivity index (χ4v) is 2.09. The Kier molecular flexibility index (Phi) is 2.39. The molecule has 66 valence electrons. The molecule has 0 N–H and O–H groups in total. The first-order valence-corrected chi connectivity index (χ1v) is 5.33. The van der Waals surface area contributed by atoms with Gasteiger partial charge in [-0.05, 0) is 18.2 Å². The van der Waals surface area contributed by atoms with Crippen LogP contribution in [0.15, 0.2) is 23.1 Å². The zero-order chi connectivity index (χ0) is 9.35. The summed E-state index contributed by atoms with van der Waals surface area (Å²) in [6, 6.07) is 3.17. The van der Waals surface area contributed by atoms with Crippen molar-refractivity contribution in [1.29, 1.82) is 0 Å². The summed E-state index contributed by atoms with van der Waals surface area (Å²) in [5.41, 5.74) is 0. The van der Waals surface area contributed by atoms with Gasteiger partial charge >= 0.3 is 0 Å². The van der Waals surface area contributed by atoms with Crippen LogP contribution < -0.4 is 0 Å². The smallest absolute Gasteiger partial charge is 0.176 e. The molecule has 5 heteroatoms. The molecule has 0 heterocycles. The molecule has 1 rings (SSSR count). The van der Waals surface area contributed by atoms with Crippen molar-refractivity contribution in [3.63, 3.8) is 0 Å². The predicted molar refractivity (Wildman–Crippen MR) is 44.5 cm³/mol. The topological polar surface area (TPSA) is 34.1 Å². The second-order valence-corrected chi connectivity index (χ2v) is 4.74. The van der Waals surface area contributed by atoms with Crippen LogP contribution in [-0.4, -0.2) is 14.7 Å². The van der Waals surface area contributed by atoms with Crippen molar-refractivity contribution in [2.45, 2.75) is 4.90 Å². The van der Waals surface area contributed by atoms with E-state index in [9.17, 15) is 12.8 Å². The second kappa shape index (κ2) is 3.03. The minimum absolute atomic E-state index is 0.0504. The van der Waals surface area contributed by atoms with Crippen molar-refractivity contribution in [2.24, 2.45) is 0 Å². The van der Waals surface area contributed by atoms with Crippen LogP contribution in [0, 0.1) is 5.82 Å². The van der Waals surface area contributed by atoms with Gasteiger partial charge in [0.05, 0.1) is 9.92 Å². The molecule has 1 aromatic rings. The molecule has 0 amide bonds. The lowest BCUT2D eigenvalue weighted by Crippen LogP contribution is -1.97. The van der Waals surface area contributed by atoms with Gasteiger partial charge in [-0.3, -0.25) is 0 Å². The van der Waals surface area contributed by atoms with E-state index in [4.69, 9.17) is 11.6 Å². The number of rotatable bonds is 1. The van der Waals surface area contributed by atoms with E-state index < -0.39 is 15.7 Å². The highest BCUT2D eigenvalue weighted by molar-refractivity contribution is 7.90. The van der Waals surface area contributed by atoms with Gasteiger partial charge in [0, 0.05) is 6.26 Å². The molecule has 0 fully saturated rings. The van der Waals surface area contributed by atoms with Crippen LogP contribution in [0.25, 0.3) is 0 Å².